The monoisotopic (exact) mass is 379 g/mol. The third kappa shape index (κ3) is 3.73. The van der Waals surface area contributed by atoms with Gasteiger partial charge < -0.3 is 15.5 Å². The highest BCUT2D eigenvalue weighted by Gasteiger charge is 2.35. The molecule has 6 heteroatoms. The highest BCUT2D eigenvalue weighted by molar-refractivity contribution is 6.30. The molecule has 5 nitrogen and oxygen atoms in total. The smallest absolute Gasteiger partial charge is 0.263 e. The summed E-state index contributed by atoms with van der Waals surface area (Å²) in [6.07, 6.45) is 9.93. The number of aromatic amines is 1. The number of aromatic nitrogens is 1. The fourth-order valence-corrected chi connectivity index (χ4v) is 3.43. The molecule has 0 aliphatic carbocycles. The summed E-state index contributed by atoms with van der Waals surface area (Å²) in [6.45, 7) is 0.562. The van der Waals surface area contributed by atoms with Crippen LogP contribution in [0, 0.1) is 0 Å². The minimum atomic E-state index is -0.491. The molecule has 2 aromatic rings. The summed E-state index contributed by atoms with van der Waals surface area (Å²) in [6, 6.07) is 13.5. The lowest BCUT2D eigenvalue weighted by Crippen LogP contribution is -2.48. The average molecular weight is 380 g/mol. The van der Waals surface area contributed by atoms with Gasteiger partial charge in [0.1, 0.15) is 0 Å². The number of hydrogen-bond acceptors (Lipinski definition) is 3. The molecule has 1 aromatic heterocycles. The number of pyridine rings is 1. The van der Waals surface area contributed by atoms with Gasteiger partial charge in [-0.05, 0) is 24.3 Å². The first-order valence-corrected chi connectivity index (χ1v) is 9.23. The van der Waals surface area contributed by atoms with Crippen molar-refractivity contribution in [3.8, 4) is 0 Å². The van der Waals surface area contributed by atoms with Crippen LogP contribution in [0.15, 0.2) is 78.8 Å². The van der Waals surface area contributed by atoms with Gasteiger partial charge in [-0.2, -0.15) is 0 Å². The van der Waals surface area contributed by atoms with Crippen molar-refractivity contribution in [2.45, 2.75) is 12.6 Å². The highest BCUT2D eigenvalue weighted by Crippen LogP contribution is 2.31. The van der Waals surface area contributed by atoms with Crippen LogP contribution in [-0.2, 0) is 11.2 Å². The fraction of sp³-hybridized carbons (Fsp3) is 0.143. The lowest BCUT2D eigenvalue weighted by atomic mass is 10.1. The lowest BCUT2D eigenvalue weighted by molar-refractivity contribution is -0.390. The van der Waals surface area contributed by atoms with Crippen LogP contribution in [0.3, 0.4) is 0 Å². The number of H-pyrrole nitrogens is 1. The Morgan fingerprint density at radius 3 is 2.96 bits per heavy atom. The molecule has 1 unspecified atom stereocenters. The van der Waals surface area contributed by atoms with Gasteiger partial charge in [0, 0.05) is 41.9 Å². The van der Waals surface area contributed by atoms with E-state index in [0.717, 1.165) is 29.1 Å². The number of halogens is 1. The van der Waals surface area contributed by atoms with Gasteiger partial charge in [-0.3, -0.25) is 4.79 Å². The van der Waals surface area contributed by atoms with Gasteiger partial charge in [-0.15, -0.1) is 0 Å². The number of rotatable bonds is 5. The quantitative estimate of drug-likeness (QED) is 0.839. The van der Waals surface area contributed by atoms with Crippen molar-refractivity contribution in [2.75, 3.05) is 6.54 Å². The van der Waals surface area contributed by atoms with Crippen molar-refractivity contribution in [1.29, 1.82) is 0 Å². The van der Waals surface area contributed by atoms with E-state index in [0.29, 0.717) is 11.6 Å². The summed E-state index contributed by atoms with van der Waals surface area (Å²) in [7, 11) is 0. The predicted molar refractivity (Wildman–Crippen MR) is 105 cm³/mol. The molecule has 2 aliphatic rings. The molecular weight excluding hydrogens is 360 g/mol. The van der Waals surface area contributed by atoms with Crippen molar-refractivity contribution in [1.82, 2.24) is 15.5 Å². The van der Waals surface area contributed by atoms with Crippen LogP contribution < -0.4 is 15.6 Å². The Morgan fingerprint density at radius 1 is 1.22 bits per heavy atom. The van der Waals surface area contributed by atoms with Crippen LogP contribution in [0.2, 0.25) is 5.02 Å². The van der Waals surface area contributed by atoms with Gasteiger partial charge in [0.05, 0.1) is 11.4 Å². The van der Waals surface area contributed by atoms with Crippen molar-refractivity contribution in [3.05, 3.63) is 95.1 Å². The first-order valence-electron chi connectivity index (χ1n) is 8.85. The molecule has 3 heterocycles. The van der Waals surface area contributed by atoms with Crippen LogP contribution in [0.5, 0.6) is 0 Å². The molecule has 0 fully saturated rings. The Kier molecular flexibility index (Phi) is 4.94. The lowest BCUT2D eigenvalue weighted by Gasteiger charge is -2.24. The van der Waals surface area contributed by atoms with Gasteiger partial charge in [0.15, 0.2) is 18.1 Å². The number of nitrogens with one attached hydrogen (secondary N) is 3. The first-order chi connectivity index (χ1) is 13.2. The minimum Gasteiger partial charge on any atom is -0.355 e. The van der Waals surface area contributed by atoms with Crippen LogP contribution in [0.1, 0.15) is 11.3 Å². The van der Waals surface area contributed by atoms with E-state index in [1.54, 1.807) is 0 Å². The molecule has 2 aliphatic heterocycles. The topological polar surface area (TPSA) is 58.5 Å². The maximum Gasteiger partial charge on any atom is 0.263 e. The zero-order valence-corrected chi connectivity index (χ0v) is 15.4. The van der Waals surface area contributed by atoms with E-state index in [9.17, 15) is 4.79 Å². The molecule has 1 amide bonds. The van der Waals surface area contributed by atoms with Crippen molar-refractivity contribution in [3.63, 3.8) is 0 Å². The molecule has 3 N–H and O–H groups in total. The fourth-order valence-electron chi connectivity index (χ4n) is 3.24. The number of carbonyl (C=O) groups is 1. The Labute approximate surface area is 163 Å². The maximum atomic E-state index is 12.8. The third-order valence-electron chi connectivity index (χ3n) is 4.53. The van der Waals surface area contributed by atoms with Gasteiger partial charge in [-0.1, -0.05) is 35.9 Å². The maximum absolute atomic E-state index is 12.8. The first kappa shape index (κ1) is 17.4. The minimum absolute atomic E-state index is 0.0691. The standard InChI is InChI=1S/C21H19ClN4O/c22-16-7-5-6-15(14-16)19-18-9-2-4-13-26(18)20(25-19)21(27)24-12-10-17-8-1-3-11-23-17/h1-9,11,13-14,20,25H,10,12H2,(H,24,27)/p+1. The van der Waals surface area contributed by atoms with E-state index >= 15 is 0 Å². The summed E-state index contributed by atoms with van der Waals surface area (Å²) in [5.74, 6) is -0.0691. The molecular formula is C21H20ClN4O+. The van der Waals surface area contributed by atoms with E-state index < -0.39 is 6.17 Å². The summed E-state index contributed by atoms with van der Waals surface area (Å²) < 4.78 is 0. The second kappa shape index (κ2) is 7.68. The predicted octanol–water partition coefficient (Wildman–Crippen LogP) is 2.50. The largest absolute Gasteiger partial charge is 0.355 e. The number of allylic oxidation sites excluding steroid dienone is 3. The van der Waals surface area contributed by atoms with Crippen LogP contribution in [-0.4, -0.2) is 23.5 Å². The second-order valence-electron chi connectivity index (χ2n) is 6.35. The Morgan fingerprint density at radius 2 is 2.15 bits per heavy atom. The van der Waals surface area contributed by atoms with E-state index in [1.807, 2.05) is 78.0 Å². The molecule has 0 spiro atoms. The molecule has 0 bridgehead atoms. The number of amides is 1. The van der Waals surface area contributed by atoms with E-state index in [-0.39, 0.29) is 5.91 Å². The van der Waals surface area contributed by atoms with Crippen molar-refractivity contribution >= 4 is 23.2 Å². The number of nitrogens with zero attached hydrogens (tertiary/aromatic N) is 1. The van der Waals surface area contributed by atoms with E-state index in [2.05, 4.69) is 15.6 Å². The molecule has 1 aromatic carbocycles. The van der Waals surface area contributed by atoms with Gasteiger partial charge in [-0.25, -0.2) is 4.98 Å². The number of carbonyl (C=O) groups excluding carboxylic acids is 1. The van der Waals surface area contributed by atoms with Crippen LogP contribution >= 0.6 is 11.6 Å². The van der Waals surface area contributed by atoms with Crippen LogP contribution in [0.4, 0.5) is 0 Å². The van der Waals surface area contributed by atoms with Crippen molar-refractivity contribution < 1.29 is 9.78 Å². The van der Waals surface area contributed by atoms with Crippen LogP contribution in [0.25, 0.3) is 5.70 Å². The average Bonchev–Trinajstić information content (AvgIpc) is 3.09. The molecule has 0 saturated carbocycles. The Hall–Kier alpha value is -3.05. The number of benzene rings is 1. The van der Waals surface area contributed by atoms with Crippen molar-refractivity contribution in [2.24, 2.45) is 0 Å². The van der Waals surface area contributed by atoms with Gasteiger partial charge in [0.2, 0.25) is 0 Å². The molecule has 0 radical (unpaired) electrons. The van der Waals surface area contributed by atoms with Gasteiger partial charge >= 0.3 is 0 Å². The highest BCUT2D eigenvalue weighted by atomic mass is 35.5. The zero-order valence-electron chi connectivity index (χ0n) is 14.7. The summed E-state index contributed by atoms with van der Waals surface area (Å²) in [5.41, 5.74) is 3.89. The van der Waals surface area contributed by atoms with Gasteiger partial charge in [0.25, 0.3) is 5.91 Å². The zero-order chi connectivity index (χ0) is 18.6. The normalized spacial score (nSPS) is 17.7. The summed E-state index contributed by atoms with van der Waals surface area (Å²) >= 11 is 6.15. The molecule has 1 atom stereocenters. The Balaban J connectivity index is 1.47. The number of hydrogen-bond donors (Lipinski definition) is 2. The van der Waals surface area contributed by atoms with E-state index in [1.165, 1.54) is 0 Å². The van der Waals surface area contributed by atoms with E-state index in [4.69, 9.17) is 11.6 Å². The molecule has 4 rings (SSSR count). The summed E-state index contributed by atoms with van der Waals surface area (Å²) in [5, 5.41) is 7.03. The SMILES string of the molecule is O=C(NCCc1cccc[nH+]1)C1NC(c2cccc(Cl)c2)=C2C=CC=CN21. The Bertz CT molecular complexity index is 936. The summed E-state index contributed by atoms with van der Waals surface area (Å²) in [4.78, 5) is 17.9. The molecule has 27 heavy (non-hydrogen) atoms. The molecule has 136 valence electrons. The molecule has 0 saturated heterocycles. The number of fused-ring (bicyclic) bond motifs is 1. The third-order valence-corrected chi connectivity index (χ3v) is 4.77. The second-order valence-corrected chi connectivity index (χ2v) is 6.79.